The number of piperazine rings is 1. The molecule has 1 saturated heterocycles. The van der Waals surface area contributed by atoms with Crippen molar-refractivity contribution in [3.05, 3.63) is 69.4 Å². The molecule has 3 rings (SSSR count). The SMILES string of the molecule is CN1CCN(c2ccc(N/C=C(/C#N)C(=O)Nc3ccc(Cl)c([N+](=O)[O-])c3)cc2)CC1. The first-order valence-electron chi connectivity index (χ1n) is 9.53. The molecule has 160 valence electrons. The van der Waals surface area contributed by atoms with Crippen molar-refractivity contribution in [1.29, 1.82) is 5.26 Å². The molecule has 0 bridgehead atoms. The van der Waals surface area contributed by atoms with E-state index in [4.69, 9.17) is 11.6 Å². The van der Waals surface area contributed by atoms with Crippen LogP contribution in [-0.4, -0.2) is 49.0 Å². The molecule has 0 unspecified atom stereocenters. The maximum Gasteiger partial charge on any atom is 0.289 e. The van der Waals surface area contributed by atoms with Crippen LogP contribution in [0.3, 0.4) is 0 Å². The molecule has 2 N–H and O–H groups in total. The Labute approximate surface area is 184 Å². The number of nitro benzene ring substituents is 1. The van der Waals surface area contributed by atoms with E-state index in [0.29, 0.717) is 0 Å². The van der Waals surface area contributed by atoms with Gasteiger partial charge < -0.3 is 20.4 Å². The molecule has 0 atom stereocenters. The summed E-state index contributed by atoms with van der Waals surface area (Å²) in [5.41, 5.74) is 1.49. The maximum atomic E-state index is 12.4. The number of benzene rings is 2. The minimum atomic E-state index is -0.694. The molecule has 2 aromatic rings. The molecule has 1 fully saturated rings. The molecule has 1 amide bonds. The zero-order chi connectivity index (χ0) is 22.4. The third-order valence-corrected chi connectivity index (χ3v) is 5.20. The van der Waals surface area contributed by atoms with Gasteiger partial charge in [0.05, 0.1) is 4.92 Å². The number of nitrogens with zero attached hydrogens (tertiary/aromatic N) is 4. The number of likely N-dealkylation sites (N-methyl/N-ethyl adjacent to an activating group) is 1. The van der Waals surface area contributed by atoms with Gasteiger partial charge in [0.2, 0.25) is 0 Å². The highest BCUT2D eigenvalue weighted by atomic mass is 35.5. The van der Waals surface area contributed by atoms with Crippen molar-refractivity contribution >= 4 is 40.3 Å². The third kappa shape index (κ3) is 5.72. The lowest BCUT2D eigenvalue weighted by Crippen LogP contribution is -2.44. The molecule has 31 heavy (non-hydrogen) atoms. The number of anilines is 3. The minimum Gasteiger partial charge on any atom is -0.369 e. The van der Waals surface area contributed by atoms with Gasteiger partial charge >= 0.3 is 0 Å². The molecule has 9 nitrogen and oxygen atoms in total. The summed E-state index contributed by atoms with van der Waals surface area (Å²) in [6, 6.07) is 13.4. The fourth-order valence-electron chi connectivity index (χ4n) is 3.07. The molecule has 1 heterocycles. The molecule has 0 saturated carbocycles. The second-order valence-corrected chi connectivity index (χ2v) is 7.44. The Hall–Kier alpha value is -3.61. The van der Waals surface area contributed by atoms with Crippen LogP contribution in [0.2, 0.25) is 5.02 Å². The lowest BCUT2D eigenvalue weighted by Gasteiger charge is -2.34. The first-order valence-corrected chi connectivity index (χ1v) is 9.91. The van der Waals surface area contributed by atoms with Gasteiger partial charge in [-0.25, -0.2) is 0 Å². The van der Waals surface area contributed by atoms with Crippen LogP contribution in [0.15, 0.2) is 54.2 Å². The maximum absolute atomic E-state index is 12.4. The molecule has 1 aliphatic heterocycles. The van der Waals surface area contributed by atoms with Crippen molar-refractivity contribution in [2.24, 2.45) is 0 Å². The number of nitrogens with one attached hydrogen (secondary N) is 2. The highest BCUT2D eigenvalue weighted by Crippen LogP contribution is 2.27. The van der Waals surface area contributed by atoms with Gasteiger partial charge in [0.25, 0.3) is 11.6 Å². The summed E-state index contributed by atoms with van der Waals surface area (Å²) in [5.74, 6) is -0.694. The zero-order valence-corrected chi connectivity index (χ0v) is 17.6. The van der Waals surface area contributed by atoms with Crippen LogP contribution in [0, 0.1) is 21.4 Å². The largest absolute Gasteiger partial charge is 0.369 e. The number of hydrogen-bond acceptors (Lipinski definition) is 7. The number of halogens is 1. The molecule has 10 heteroatoms. The van der Waals surface area contributed by atoms with Gasteiger partial charge in [0.15, 0.2) is 0 Å². The summed E-state index contributed by atoms with van der Waals surface area (Å²) < 4.78 is 0. The molecule has 1 aliphatic rings. The fourth-order valence-corrected chi connectivity index (χ4v) is 3.25. The number of rotatable bonds is 6. The Morgan fingerprint density at radius 1 is 1.16 bits per heavy atom. The average Bonchev–Trinajstić information content (AvgIpc) is 2.76. The summed E-state index contributed by atoms with van der Waals surface area (Å²) in [6.07, 6.45) is 1.30. The highest BCUT2D eigenvalue weighted by Gasteiger charge is 2.16. The molecule has 0 aliphatic carbocycles. The average molecular weight is 441 g/mol. The number of hydrogen-bond donors (Lipinski definition) is 2. The van der Waals surface area contributed by atoms with Gasteiger partial charge in [-0.2, -0.15) is 5.26 Å². The summed E-state index contributed by atoms with van der Waals surface area (Å²) >= 11 is 5.77. The van der Waals surface area contributed by atoms with Gasteiger partial charge in [0.1, 0.15) is 16.7 Å². The summed E-state index contributed by atoms with van der Waals surface area (Å²) in [5, 5.41) is 25.7. The van der Waals surface area contributed by atoms with E-state index in [1.165, 1.54) is 18.3 Å². The Kier molecular flexibility index (Phi) is 7.07. The second kappa shape index (κ2) is 9.93. The Morgan fingerprint density at radius 3 is 2.42 bits per heavy atom. The smallest absolute Gasteiger partial charge is 0.289 e. The van der Waals surface area contributed by atoms with E-state index in [2.05, 4.69) is 27.5 Å². The Balaban J connectivity index is 1.64. The molecule has 0 aromatic heterocycles. The van der Waals surface area contributed by atoms with E-state index >= 15 is 0 Å². The molecular formula is C21H21ClN6O3. The van der Waals surface area contributed by atoms with Gasteiger partial charge in [-0.15, -0.1) is 0 Å². The van der Waals surface area contributed by atoms with Gasteiger partial charge in [0, 0.05) is 55.5 Å². The quantitative estimate of drug-likeness (QED) is 0.306. The van der Waals surface area contributed by atoms with E-state index in [9.17, 15) is 20.2 Å². The molecule has 0 radical (unpaired) electrons. The first kappa shape index (κ1) is 22.1. The van der Waals surface area contributed by atoms with Crippen molar-refractivity contribution in [1.82, 2.24) is 4.90 Å². The van der Waals surface area contributed by atoms with E-state index in [1.54, 1.807) is 0 Å². The monoisotopic (exact) mass is 440 g/mol. The van der Waals surface area contributed by atoms with E-state index < -0.39 is 10.8 Å². The Bertz CT molecular complexity index is 1040. The zero-order valence-electron chi connectivity index (χ0n) is 16.8. The van der Waals surface area contributed by atoms with Gasteiger partial charge in [-0.05, 0) is 43.4 Å². The van der Waals surface area contributed by atoms with Crippen molar-refractivity contribution in [2.45, 2.75) is 0 Å². The molecule has 0 spiro atoms. The van der Waals surface area contributed by atoms with E-state index in [0.717, 1.165) is 43.6 Å². The molecular weight excluding hydrogens is 420 g/mol. The lowest BCUT2D eigenvalue weighted by molar-refractivity contribution is -0.384. The Morgan fingerprint density at radius 2 is 1.81 bits per heavy atom. The van der Waals surface area contributed by atoms with E-state index in [-0.39, 0.29) is 22.0 Å². The number of nitriles is 1. The van der Waals surface area contributed by atoms with Gasteiger partial charge in [-0.1, -0.05) is 11.6 Å². The van der Waals surface area contributed by atoms with Crippen LogP contribution in [0.1, 0.15) is 0 Å². The van der Waals surface area contributed by atoms with Crippen molar-refractivity contribution < 1.29 is 9.72 Å². The second-order valence-electron chi connectivity index (χ2n) is 7.03. The van der Waals surface area contributed by atoms with Crippen molar-refractivity contribution in [2.75, 3.05) is 48.8 Å². The van der Waals surface area contributed by atoms with Crippen molar-refractivity contribution in [3.63, 3.8) is 0 Å². The predicted molar refractivity (Wildman–Crippen MR) is 120 cm³/mol. The normalized spacial score (nSPS) is 14.6. The first-order chi connectivity index (χ1) is 14.9. The van der Waals surface area contributed by atoms with Crippen LogP contribution in [0.5, 0.6) is 0 Å². The van der Waals surface area contributed by atoms with Crippen LogP contribution in [0.25, 0.3) is 0 Å². The minimum absolute atomic E-state index is 0.0410. The topological polar surface area (TPSA) is 115 Å². The number of carbonyl (C=O) groups excluding carboxylic acids is 1. The predicted octanol–water partition coefficient (Wildman–Crippen LogP) is 3.46. The van der Waals surface area contributed by atoms with Crippen molar-refractivity contribution in [3.8, 4) is 6.07 Å². The number of amides is 1. The van der Waals surface area contributed by atoms with Crippen LogP contribution >= 0.6 is 11.6 Å². The summed E-state index contributed by atoms with van der Waals surface area (Å²) in [6.45, 7) is 3.95. The number of nitro groups is 1. The molecule has 2 aromatic carbocycles. The van der Waals surface area contributed by atoms with E-state index in [1.807, 2.05) is 30.3 Å². The lowest BCUT2D eigenvalue weighted by atomic mass is 10.2. The van der Waals surface area contributed by atoms with Crippen LogP contribution in [-0.2, 0) is 4.79 Å². The van der Waals surface area contributed by atoms with Crippen LogP contribution in [0.4, 0.5) is 22.7 Å². The van der Waals surface area contributed by atoms with Gasteiger partial charge in [-0.3, -0.25) is 14.9 Å². The summed E-state index contributed by atoms with van der Waals surface area (Å²) in [4.78, 5) is 27.3. The van der Waals surface area contributed by atoms with Crippen LogP contribution < -0.4 is 15.5 Å². The third-order valence-electron chi connectivity index (χ3n) is 4.88. The standard InChI is InChI=1S/C21H21ClN6O3/c1-26-8-10-27(11-9-26)18-5-2-16(3-6-18)24-14-15(13-23)21(29)25-17-4-7-19(22)20(12-17)28(30)31/h2-7,12,14,24H,8-11H2,1H3,(H,25,29)/b15-14-. The summed E-state index contributed by atoms with van der Waals surface area (Å²) in [7, 11) is 2.10. The number of carbonyl (C=O) groups is 1. The highest BCUT2D eigenvalue weighted by molar-refractivity contribution is 6.32. The fraction of sp³-hybridized carbons (Fsp3) is 0.238.